The first-order chi connectivity index (χ1) is 13.7. The van der Waals surface area contributed by atoms with Crippen molar-refractivity contribution in [1.82, 2.24) is 19.8 Å². The fraction of sp³-hybridized carbons (Fsp3) is 0.316. The number of ether oxygens (including phenoxy) is 2. The average Bonchev–Trinajstić information content (AvgIpc) is 3.00. The Balaban J connectivity index is 1.81. The molecule has 0 radical (unpaired) electrons. The summed E-state index contributed by atoms with van der Waals surface area (Å²) in [5.41, 5.74) is 5.71. The Kier molecular flexibility index (Phi) is 5.62. The van der Waals surface area contributed by atoms with E-state index < -0.39 is 12.0 Å². The maximum absolute atomic E-state index is 12.1. The Morgan fingerprint density at radius 2 is 1.90 bits per heavy atom. The van der Waals surface area contributed by atoms with Gasteiger partial charge in [-0.1, -0.05) is 0 Å². The largest absolute Gasteiger partial charge is 0.480 e. The van der Waals surface area contributed by atoms with Gasteiger partial charge in [0.25, 0.3) is 11.8 Å². The first-order valence-electron chi connectivity index (χ1n) is 8.82. The Labute approximate surface area is 167 Å². The van der Waals surface area contributed by atoms with Gasteiger partial charge < -0.3 is 25.0 Å². The molecular weight excluding hydrogens is 378 g/mol. The number of nitrogens with zero attached hydrogens (tertiary/aromatic N) is 4. The van der Waals surface area contributed by atoms with Crippen molar-refractivity contribution in [3.63, 3.8) is 0 Å². The van der Waals surface area contributed by atoms with Gasteiger partial charge in [0.2, 0.25) is 11.8 Å². The van der Waals surface area contributed by atoms with Crippen LogP contribution in [0.4, 0.5) is 0 Å². The standard InChI is InChI=1S/C19H21N5O5/c1-23(2)18(26)14-9-22-16(10-21-14)29-13-7-11(17(20)25)6-12(8-13)28-15-4-5-24(3)19(15)27/h6-10,15H,4-5H2,1-3H3,(H2,20,25)/t15-/m0/s1. The fourth-order valence-corrected chi connectivity index (χ4v) is 2.73. The number of amides is 3. The zero-order valence-electron chi connectivity index (χ0n) is 16.3. The van der Waals surface area contributed by atoms with Gasteiger partial charge in [0.1, 0.15) is 17.2 Å². The van der Waals surface area contributed by atoms with Crippen molar-refractivity contribution in [3.8, 4) is 17.4 Å². The third-order valence-electron chi connectivity index (χ3n) is 4.30. The molecule has 2 heterocycles. The maximum atomic E-state index is 12.1. The van der Waals surface area contributed by atoms with E-state index in [0.29, 0.717) is 13.0 Å². The molecule has 0 spiro atoms. The minimum Gasteiger partial charge on any atom is -0.480 e. The summed E-state index contributed by atoms with van der Waals surface area (Å²) in [5.74, 6) is -0.475. The van der Waals surface area contributed by atoms with Gasteiger partial charge in [-0.25, -0.2) is 9.97 Å². The highest BCUT2D eigenvalue weighted by molar-refractivity contribution is 5.94. The monoisotopic (exact) mass is 399 g/mol. The molecule has 0 aliphatic carbocycles. The zero-order chi connectivity index (χ0) is 21.1. The smallest absolute Gasteiger partial charge is 0.273 e. The molecule has 1 aromatic carbocycles. The molecule has 29 heavy (non-hydrogen) atoms. The van der Waals surface area contributed by atoms with E-state index in [0.717, 1.165) is 0 Å². The molecule has 1 aliphatic rings. The van der Waals surface area contributed by atoms with E-state index in [4.69, 9.17) is 15.2 Å². The van der Waals surface area contributed by atoms with Gasteiger partial charge in [-0.05, 0) is 12.1 Å². The molecule has 1 aromatic heterocycles. The minimum atomic E-state index is -0.673. The number of likely N-dealkylation sites (tertiary alicyclic amines) is 1. The Hall–Kier alpha value is -3.69. The number of nitrogens with two attached hydrogens (primary N) is 1. The van der Waals surface area contributed by atoms with E-state index in [2.05, 4.69) is 9.97 Å². The van der Waals surface area contributed by atoms with Gasteiger partial charge in [0.05, 0.1) is 12.4 Å². The van der Waals surface area contributed by atoms with Gasteiger partial charge in [-0.15, -0.1) is 0 Å². The number of likely N-dealkylation sites (N-methyl/N-ethyl adjacent to an activating group) is 1. The van der Waals surface area contributed by atoms with E-state index in [1.165, 1.54) is 35.5 Å². The van der Waals surface area contributed by atoms with Crippen molar-refractivity contribution in [1.29, 1.82) is 0 Å². The van der Waals surface area contributed by atoms with Crippen LogP contribution in [0.15, 0.2) is 30.6 Å². The molecule has 152 valence electrons. The lowest BCUT2D eigenvalue weighted by molar-refractivity contribution is -0.132. The maximum Gasteiger partial charge on any atom is 0.273 e. The third kappa shape index (κ3) is 4.60. The van der Waals surface area contributed by atoms with E-state index in [1.54, 1.807) is 26.0 Å². The molecule has 0 saturated carbocycles. The van der Waals surface area contributed by atoms with Crippen molar-refractivity contribution in [2.45, 2.75) is 12.5 Å². The summed E-state index contributed by atoms with van der Waals surface area (Å²) in [7, 11) is 4.92. The van der Waals surface area contributed by atoms with Gasteiger partial charge in [-0.3, -0.25) is 14.4 Å². The molecule has 1 aliphatic heterocycles. The van der Waals surface area contributed by atoms with Crippen LogP contribution in [-0.2, 0) is 4.79 Å². The van der Waals surface area contributed by atoms with E-state index in [-0.39, 0.29) is 40.5 Å². The number of benzene rings is 1. The number of aromatic nitrogens is 2. The van der Waals surface area contributed by atoms with E-state index in [9.17, 15) is 14.4 Å². The predicted octanol–water partition coefficient (Wildman–Crippen LogP) is 0.679. The van der Waals surface area contributed by atoms with Crippen molar-refractivity contribution < 1.29 is 23.9 Å². The number of hydrogen-bond donors (Lipinski definition) is 1. The number of rotatable bonds is 6. The summed E-state index contributed by atoms with van der Waals surface area (Å²) in [5, 5.41) is 0. The van der Waals surface area contributed by atoms with Crippen molar-refractivity contribution in [2.75, 3.05) is 27.7 Å². The Morgan fingerprint density at radius 1 is 1.17 bits per heavy atom. The molecule has 2 aromatic rings. The van der Waals surface area contributed by atoms with Crippen LogP contribution in [0.2, 0.25) is 0 Å². The second-order valence-corrected chi connectivity index (χ2v) is 6.75. The Bertz CT molecular complexity index is 945. The minimum absolute atomic E-state index is 0.115. The number of hydrogen-bond acceptors (Lipinski definition) is 7. The topological polar surface area (TPSA) is 128 Å². The van der Waals surface area contributed by atoms with Gasteiger partial charge in [0, 0.05) is 45.7 Å². The van der Waals surface area contributed by atoms with Crippen LogP contribution < -0.4 is 15.2 Å². The molecule has 1 fully saturated rings. The molecule has 3 rings (SSSR count). The normalized spacial score (nSPS) is 15.9. The van der Waals surface area contributed by atoms with Crippen LogP contribution in [0.1, 0.15) is 27.3 Å². The molecule has 3 amide bonds. The second kappa shape index (κ2) is 8.13. The van der Waals surface area contributed by atoms with Crippen molar-refractivity contribution >= 4 is 17.7 Å². The lowest BCUT2D eigenvalue weighted by Crippen LogP contribution is -2.29. The Morgan fingerprint density at radius 3 is 2.45 bits per heavy atom. The van der Waals surface area contributed by atoms with Crippen LogP contribution in [-0.4, -0.2) is 71.3 Å². The number of carbonyl (C=O) groups is 3. The summed E-state index contributed by atoms with van der Waals surface area (Å²) in [6.07, 6.45) is 2.50. The molecule has 1 atom stereocenters. The summed E-state index contributed by atoms with van der Waals surface area (Å²) in [4.78, 5) is 46.6. The second-order valence-electron chi connectivity index (χ2n) is 6.75. The lowest BCUT2D eigenvalue weighted by atomic mass is 10.2. The predicted molar refractivity (Wildman–Crippen MR) is 102 cm³/mol. The average molecular weight is 399 g/mol. The quantitative estimate of drug-likeness (QED) is 0.756. The fourth-order valence-electron chi connectivity index (χ4n) is 2.73. The highest BCUT2D eigenvalue weighted by Crippen LogP contribution is 2.28. The molecule has 1 saturated heterocycles. The molecule has 10 nitrogen and oxygen atoms in total. The van der Waals surface area contributed by atoms with Crippen LogP contribution >= 0.6 is 0 Å². The van der Waals surface area contributed by atoms with Gasteiger partial charge >= 0.3 is 0 Å². The highest BCUT2D eigenvalue weighted by Gasteiger charge is 2.31. The third-order valence-corrected chi connectivity index (χ3v) is 4.30. The van der Waals surface area contributed by atoms with Gasteiger partial charge in [0.15, 0.2) is 6.10 Å². The van der Waals surface area contributed by atoms with Crippen LogP contribution in [0, 0.1) is 0 Å². The zero-order valence-corrected chi connectivity index (χ0v) is 16.3. The summed E-state index contributed by atoms with van der Waals surface area (Å²) in [6.45, 7) is 0.593. The van der Waals surface area contributed by atoms with Crippen LogP contribution in [0.3, 0.4) is 0 Å². The van der Waals surface area contributed by atoms with E-state index in [1.807, 2.05) is 0 Å². The number of carbonyl (C=O) groups excluding carboxylic acids is 3. The van der Waals surface area contributed by atoms with Crippen LogP contribution in [0.25, 0.3) is 0 Å². The summed E-state index contributed by atoms with van der Waals surface area (Å²) >= 11 is 0. The van der Waals surface area contributed by atoms with Crippen LogP contribution in [0.5, 0.6) is 17.4 Å². The molecule has 0 bridgehead atoms. The molecule has 0 unspecified atom stereocenters. The molecular formula is C19H21N5O5. The van der Waals surface area contributed by atoms with Crippen molar-refractivity contribution in [3.05, 3.63) is 41.9 Å². The summed E-state index contributed by atoms with van der Waals surface area (Å²) < 4.78 is 11.4. The highest BCUT2D eigenvalue weighted by atomic mass is 16.5. The number of primary amides is 1. The molecule has 2 N–H and O–H groups in total. The summed E-state index contributed by atoms with van der Waals surface area (Å²) in [6, 6.07) is 4.41. The van der Waals surface area contributed by atoms with E-state index >= 15 is 0 Å². The SMILES string of the molecule is CN(C)C(=O)c1cnc(Oc2cc(O[C@H]3CCN(C)C3=O)cc(C(N)=O)c2)cn1. The first kappa shape index (κ1) is 20.1. The molecule has 10 heteroatoms. The lowest BCUT2D eigenvalue weighted by Gasteiger charge is -2.15. The van der Waals surface area contributed by atoms with Gasteiger partial charge in [-0.2, -0.15) is 0 Å². The first-order valence-corrected chi connectivity index (χ1v) is 8.82. The van der Waals surface area contributed by atoms with Crippen molar-refractivity contribution in [2.24, 2.45) is 5.73 Å².